The Morgan fingerprint density at radius 2 is 2.05 bits per heavy atom. The molecule has 3 nitrogen and oxygen atoms in total. The maximum absolute atomic E-state index is 14.0. The lowest BCUT2D eigenvalue weighted by atomic mass is 10.1. The highest BCUT2D eigenvalue weighted by molar-refractivity contribution is 5.37. The first-order valence-electron chi connectivity index (χ1n) is 6.92. The van der Waals surface area contributed by atoms with Gasteiger partial charge in [0.2, 0.25) is 0 Å². The molecule has 0 radical (unpaired) electrons. The summed E-state index contributed by atoms with van der Waals surface area (Å²) in [6.45, 7) is 4.29. The molecule has 1 aromatic rings. The smallest absolute Gasteiger partial charge is 0.128 e. The number of nitrogens with zero attached hydrogens (tertiary/aromatic N) is 1. The average Bonchev–Trinajstić information content (AvgIpc) is 2.46. The minimum absolute atomic E-state index is 0.0177. The molecule has 0 aliphatic rings. The molecule has 0 aliphatic carbocycles. The number of hydrogen-bond donors (Lipinski definition) is 2. The zero-order chi connectivity index (χ0) is 14.8. The van der Waals surface area contributed by atoms with Crippen molar-refractivity contribution in [1.29, 1.82) is 0 Å². The molecule has 0 unspecified atom stereocenters. The van der Waals surface area contributed by atoms with Gasteiger partial charge in [0.25, 0.3) is 0 Å². The zero-order valence-corrected chi connectivity index (χ0v) is 11.9. The van der Waals surface area contributed by atoms with Crippen molar-refractivity contribution in [2.75, 3.05) is 26.3 Å². The van der Waals surface area contributed by atoms with Gasteiger partial charge in [0.15, 0.2) is 0 Å². The molecule has 0 spiro atoms. The number of aliphatic hydroxyl groups is 2. The van der Waals surface area contributed by atoms with Crippen LogP contribution in [-0.2, 0) is 6.54 Å². The summed E-state index contributed by atoms with van der Waals surface area (Å²) in [5.41, 5.74) is 1.26. The van der Waals surface area contributed by atoms with E-state index in [1.807, 2.05) is 6.92 Å². The first kappa shape index (κ1) is 16.6. The molecule has 0 heterocycles. The van der Waals surface area contributed by atoms with E-state index in [1.54, 1.807) is 12.1 Å². The van der Waals surface area contributed by atoms with Crippen LogP contribution in [0.15, 0.2) is 18.2 Å². The zero-order valence-electron chi connectivity index (χ0n) is 11.9. The van der Waals surface area contributed by atoms with Gasteiger partial charge in [-0.3, -0.25) is 4.90 Å². The van der Waals surface area contributed by atoms with Crippen molar-refractivity contribution < 1.29 is 14.6 Å². The first-order chi connectivity index (χ1) is 9.71. The number of benzene rings is 1. The Morgan fingerprint density at radius 1 is 1.25 bits per heavy atom. The van der Waals surface area contributed by atoms with E-state index in [-0.39, 0.29) is 19.0 Å². The molecule has 110 valence electrons. The fourth-order valence-electron chi connectivity index (χ4n) is 1.86. The van der Waals surface area contributed by atoms with Crippen molar-refractivity contribution in [3.05, 3.63) is 35.1 Å². The summed E-state index contributed by atoms with van der Waals surface area (Å²) in [7, 11) is 0. The summed E-state index contributed by atoms with van der Waals surface area (Å²) >= 11 is 0. The molecule has 1 aromatic carbocycles. The second-order valence-corrected chi connectivity index (χ2v) is 4.53. The van der Waals surface area contributed by atoms with Crippen molar-refractivity contribution >= 4 is 0 Å². The minimum Gasteiger partial charge on any atom is -0.396 e. The fourth-order valence-corrected chi connectivity index (χ4v) is 1.86. The number of aliphatic hydroxyl groups excluding tert-OH is 2. The molecule has 2 N–H and O–H groups in total. The minimum atomic E-state index is -0.261. The second kappa shape index (κ2) is 9.49. The molecular weight excluding hydrogens is 257 g/mol. The molecule has 4 heteroatoms. The van der Waals surface area contributed by atoms with Crippen LogP contribution in [0.2, 0.25) is 0 Å². The lowest BCUT2D eigenvalue weighted by Crippen LogP contribution is -2.25. The Morgan fingerprint density at radius 3 is 2.65 bits per heavy atom. The molecule has 20 heavy (non-hydrogen) atoms. The van der Waals surface area contributed by atoms with Crippen molar-refractivity contribution in [3.8, 4) is 11.8 Å². The Bertz CT molecular complexity index is 465. The normalized spacial score (nSPS) is 10.4. The predicted octanol–water partition coefficient (Wildman–Crippen LogP) is 1.76. The standard InChI is InChI=1S/C16H22FNO2/c1-2-18(9-5-11-20)13-15-8-7-14(12-16(15)17)6-3-4-10-19/h7-8,12,19-20H,2,4-5,9-11,13H2,1H3. The molecule has 0 aliphatic heterocycles. The number of hydrogen-bond acceptors (Lipinski definition) is 3. The van der Waals surface area contributed by atoms with Crippen molar-refractivity contribution in [1.82, 2.24) is 4.90 Å². The first-order valence-corrected chi connectivity index (χ1v) is 6.92. The van der Waals surface area contributed by atoms with E-state index >= 15 is 0 Å². The van der Waals surface area contributed by atoms with E-state index in [2.05, 4.69) is 16.7 Å². The summed E-state index contributed by atoms with van der Waals surface area (Å²) < 4.78 is 14.0. The highest BCUT2D eigenvalue weighted by Crippen LogP contribution is 2.13. The van der Waals surface area contributed by atoms with Crippen LogP contribution in [-0.4, -0.2) is 41.4 Å². The molecular formula is C16H22FNO2. The average molecular weight is 279 g/mol. The van der Waals surface area contributed by atoms with Crippen molar-refractivity contribution in [2.45, 2.75) is 26.3 Å². The van der Waals surface area contributed by atoms with Crippen LogP contribution in [0.3, 0.4) is 0 Å². The summed E-state index contributed by atoms with van der Waals surface area (Å²) in [6.07, 6.45) is 1.09. The Hall–Kier alpha value is -1.41. The van der Waals surface area contributed by atoms with Gasteiger partial charge in [-0.1, -0.05) is 24.8 Å². The number of halogens is 1. The van der Waals surface area contributed by atoms with Crippen LogP contribution in [0.5, 0.6) is 0 Å². The highest BCUT2D eigenvalue weighted by atomic mass is 19.1. The fraction of sp³-hybridized carbons (Fsp3) is 0.500. The van der Waals surface area contributed by atoms with Gasteiger partial charge in [0.1, 0.15) is 5.82 Å². The van der Waals surface area contributed by atoms with Crippen molar-refractivity contribution in [2.24, 2.45) is 0 Å². The van der Waals surface area contributed by atoms with E-state index in [9.17, 15) is 4.39 Å². The number of rotatable bonds is 7. The lowest BCUT2D eigenvalue weighted by Gasteiger charge is -2.20. The van der Waals surface area contributed by atoms with Gasteiger partial charge < -0.3 is 10.2 Å². The third-order valence-electron chi connectivity index (χ3n) is 3.00. The monoisotopic (exact) mass is 279 g/mol. The van der Waals surface area contributed by atoms with Crippen LogP contribution < -0.4 is 0 Å². The molecule has 0 fully saturated rings. The Kier molecular flexibility index (Phi) is 7.89. The van der Waals surface area contributed by atoms with Gasteiger partial charge in [0, 0.05) is 37.2 Å². The molecule has 0 atom stereocenters. The van der Waals surface area contributed by atoms with Crippen LogP contribution >= 0.6 is 0 Å². The summed E-state index contributed by atoms with van der Waals surface area (Å²) in [5, 5.41) is 17.5. The van der Waals surface area contributed by atoms with E-state index in [4.69, 9.17) is 10.2 Å². The summed E-state index contributed by atoms with van der Waals surface area (Å²) in [5.74, 6) is 5.33. The summed E-state index contributed by atoms with van der Waals surface area (Å²) in [6, 6.07) is 4.97. The molecule has 1 rings (SSSR count). The summed E-state index contributed by atoms with van der Waals surface area (Å²) in [4.78, 5) is 2.09. The topological polar surface area (TPSA) is 43.7 Å². The molecule has 0 aromatic heterocycles. The largest absolute Gasteiger partial charge is 0.396 e. The molecule has 0 saturated heterocycles. The van der Waals surface area contributed by atoms with Gasteiger partial charge in [-0.2, -0.15) is 0 Å². The van der Waals surface area contributed by atoms with Gasteiger partial charge in [0.05, 0.1) is 6.61 Å². The molecule has 0 saturated carbocycles. The van der Waals surface area contributed by atoms with Gasteiger partial charge in [-0.15, -0.1) is 0 Å². The Balaban J connectivity index is 2.70. The molecule has 0 amide bonds. The predicted molar refractivity (Wildman–Crippen MR) is 77.6 cm³/mol. The quantitative estimate of drug-likeness (QED) is 0.748. The van der Waals surface area contributed by atoms with Crippen molar-refractivity contribution in [3.63, 3.8) is 0 Å². The van der Waals surface area contributed by atoms with E-state index in [0.29, 0.717) is 30.5 Å². The SMILES string of the molecule is CCN(CCCO)Cc1ccc(C#CCCO)cc1F. The van der Waals surface area contributed by atoms with Crippen LogP contribution in [0, 0.1) is 17.7 Å². The third kappa shape index (κ3) is 5.70. The van der Waals surface area contributed by atoms with Gasteiger partial charge in [-0.25, -0.2) is 4.39 Å². The van der Waals surface area contributed by atoms with E-state index < -0.39 is 0 Å². The molecule has 0 bridgehead atoms. The van der Waals surface area contributed by atoms with E-state index in [1.165, 1.54) is 6.07 Å². The maximum atomic E-state index is 14.0. The van der Waals surface area contributed by atoms with Gasteiger partial charge >= 0.3 is 0 Å². The van der Waals surface area contributed by atoms with Crippen LogP contribution in [0.4, 0.5) is 4.39 Å². The lowest BCUT2D eigenvalue weighted by molar-refractivity contribution is 0.224. The Labute approximate surface area is 120 Å². The third-order valence-corrected chi connectivity index (χ3v) is 3.00. The maximum Gasteiger partial charge on any atom is 0.128 e. The van der Waals surface area contributed by atoms with Gasteiger partial charge in [-0.05, 0) is 25.1 Å². The second-order valence-electron chi connectivity index (χ2n) is 4.53. The van der Waals surface area contributed by atoms with E-state index in [0.717, 1.165) is 13.1 Å². The van der Waals surface area contributed by atoms with Crippen LogP contribution in [0.25, 0.3) is 0 Å². The highest BCUT2D eigenvalue weighted by Gasteiger charge is 2.08. The van der Waals surface area contributed by atoms with Crippen LogP contribution in [0.1, 0.15) is 30.9 Å².